The summed E-state index contributed by atoms with van der Waals surface area (Å²) in [6.07, 6.45) is 4.48. The molecule has 0 amide bonds. The molecule has 0 saturated carbocycles. The maximum absolute atomic E-state index is 5.91. The van der Waals surface area contributed by atoms with Crippen molar-refractivity contribution in [3.05, 3.63) is 52.9 Å². The molecule has 3 aromatic rings. The fraction of sp³-hybridized carbons (Fsp3) is 0.333. The Morgan fingerprint density at radius 1 is 1.05 bits per heavy atom. The lowest BCUT2D eigenvalue weighted by Crippen LogP contribution is -1.97. The number of benzene rings is 1. The van der Waals surface area contributed by atoms with Crippen LogP contribution in [0.25, 0.3) is 16.8 Å². The molecule has 0 spiro atoms. The zero-order chi connectivity index (χ0) is 16.1. The molecule has 0 N–H and O–H groups in total. The first-order chi connectivity index (χ1) is 10.6. The van der Waals surface area contributed by atoms with Gasteiger partial charge in [0.15, 0.2) is 5.65 Å². The lowest BCUT2D eigenvalue weighted by molar-refractivity contribution is 0.886. The van der Waals surface area contributed by atoms with Gasteiger partial charge < -0.3 is 0 Å². The topological polar surface area (TPSA) is 30.2 Å². The number of halogens is 1. The molecular weight excluding hydrogens is 294 g/mol. The van der Waals surface area contributed by atoms with Gasteiger partial charge in [-0.1, -0.05) is 50.4 Å². The first kappa shape index (κ1) is 16.5. The molecule has 116 valence electrons. The summed E-state index contributed by atoms with van der Waals surface area (Å²) in [4.78, 5) is 4.56. The average Bonchev–Trinajstić information content (AvgIpc) is 2.92. The molecule has 0 unspecified atom stereocenters. The van der Waals surface area contributed by atoms with Crippen molar-refractivity contribution in [1.82, 2.24) is 14.6 Å². The summed E-state index contributed by atoms with van der Waals surface area (Å²) in [6, 6.07) is 9.75. The molecule has 2 heterocycles. The summed E-state index contributed by atoms with van der Waals surface area (Å²) in [7, 11) is 0. The molecular formula is C18H22ClN3. The van der Waals surface area contributed by atoms with Crippen molar-refractivity contribution in [2.45, 2.75) is 40.5 Å². The van der Waals surface area contributed by atoms with E-state index in [0.29, 0.717) is 0 Å². The second-order valence-corrected chi connectivity index (χ2v) is 5.78. The van der Waals surface area contributed by atoms with Gasteiger partial charge in [-0.05, 0) is 37.6 Å². The van der Waals surface area contributed by atoms with E-state index in [0.717, 1.165) is 33.2 Å². The molecule has 0 fully saturated rings. The van der Waals surface area contributed by atoms with E-state index in [1.54, 1.807) is 0 Å². The van der Waals surface area contributed by atoms with Gasteiger partial charge in [0.1, 0.15) is 0 Å². The zero-order valence-electron chi connectivity index (χ0n) is 13.6. The van der Waals surface area contributed by atoms with Gasteiger partial charge in [-0.25, -0.2) is 9.50 Å². The monoisotopic (exact) mass is 315 g/mol. The number of unbranched alkanes of at least 4 members (excludes halogenated alkanes) is 1. The molecule has 2 aromatic heterocycles. The predicted molar refractivity (Wildman–Crippen MR) is 93.5 cm³/mol. The predicted octanol–water partition coefficient (Wildman–Crippen LogP) is 5.47. The highest BCUT2D eigenvalue weighted by Gasteiger charge is 2.09. The van der Waals surface area contributed by atoms with Crippen LogP contribution in [0.2, 0.25) is 5.02 Å². The molecule has 3 rings (SSSR count). The van der Waals surface area contributed by atoms with Crippen LogP contribution < -0.4 is 0 Å². The van der Waals surface area contributed by atoms with Gasteiger partial charge in [0, 0.05) is 22.0 Å². The molecule has 0 aliphatic heterocycles. The highest BCUT2D eigenvalue weighted by molar-refractivity contribution is 6.30. The Labute approximate surface area is 137 Å². The van der Waals surface area contributed by atoms with Gasteiger partial charge in [0.2, 0.25) is 0 Å². The lowest BCUT2D eigenvalue weighted by atomic mass is 10.1. The summed E-state index contributed by atoms with van der Waals surface area (Å²) >= 11 is 5.91. The summed E-state index contributed by atoms with van der Waals surface area (Å²) in [5.41, 5.74) is 5.06. The van der Waals surface area contributed by atoms with E-state index in [4.69, 9.17) is 11.6 Å². The third kappa shape index (κ3) is 3.66. The number of fused-ring (bicyclic) bond motifs is 1. The average molecular weight is 316 g/mol. The fourth-order valence-corrected chi connectivity index (χ4v) is 2.23. The summed E-state index contributed by atoms with van der Waals surface area (Å²) < 4.78 is 1.86. The minimum Gasteiger partial charge on any atom is -0.233 e. The number of nitrogens with zero attached hydrogens (tertiary/aromatic N) is 3. The van der Waals surface area contributed by atoms with Crippen LogP contribution in [0.15, 0.2) is 36.5 Å². The Hall–Kier alpha value is -1.87. The molecule has 22 heavy (non-hydrogen) atoms. The minimum atomic E-state index is 0.732. The Balaban J connectivity index is 0.000000396. The largest absolute Gasteiger partial charge is 0.233 e. The van der Waals surface area contributed by atoms with Crippen LogP contribution in [-0.4, -0.2) is 14.6 Å². The smallest absolute Gasteiger partial charge is 0.163 e. The van der Waals surface area contributed by atoms with Crippen molar-refractivity contribution < 1.29 is 0 Å². The second kappa shape index (κ2) is 7.41. The summed E-state index contributed by atoms with van der Waals surface area (Å²) in [5.74, 6) is 0. The lowest BCUT2D eigenvalue weighted by Gasteiger charge is -2.03. The molecule has 0 bridgehead atoms. The van der Waals surface area contributed by atoms with E-state index in [9.17, 15) is 0 Å². The van der Waals surface area contributed by atoms with Crippen molar-refractivity contribution in [2.75, 3.05) is 0 Å². The van der Waals surface area contributed by atoms with Gasteiger partial charge in [0.25, 0.3) is 0 Å². The van der Waals surface area contributed by atoms with Crippen molar-refractivity contribution in [3.8, 4) is 11.1 Å². The minimum absolute atomic E-state index is 0.732. The van der Waals surface area contributed by atoms with Crippen molar-refractivity contribution >= 4 is 17.2 Å². The number of rotatable bonds is 2. The molecule has 0 saturated heterocycles. The number of aromatic nitrogens is 3. The third-order valence-electron chi connectivity index (χ3n) is 3.43. The molecule has 3 nitrogen and oxygen atoms in total. The van der Waals surface area contributed by atoms with E-state index >= 15 is 0 Å². The van der Waals surface area contributed by atoms with Gasteiger partial charge in [-0.15, -0.1) is 0 Å². The first-order valence-electron chi connectivity index (χ1n) is 7.64. The quantitative estimate of drug-likeness (QED) is 0.627. The Morgan fingerprint density at radius 3 is 2.27 bits per heavy atom. The first-order valence-corrected chi connectivity index (χ1v) is 8.02. The van der Waals surface area contributed by atoms with E-state index in [1.807, 2.05) is 54.9 Å². The number of aryl methyl sites for hydroxylation is 2. The third-order valence-corrected chi connectivity index (χ3v) is 3.69. The van der Waals surface area contributed by atoms with E-state index in [1.165, 1.54) is 12.8 Å². The zero-order valence-corrected chi connectivity index (χ0v) is 14.4. The Bertz CT molecular complexity index is 743. The van der Waals surface area contributed by atoms with Crippen LogP contribution in [0.1, 0.15) is 38.1 Å². The van der Waals surface area contributed by atoms with Gasteiger partial charge >= 0.3 is 0 Å². The van der Waals surface area contributed by atoms with E-state index in [-0.39, 0.29) is 0 Å². The Morgan fingerprint density at radius 2 is 1.68 bits per heavy atom. The Kier molecular flexibility index (Phi) is 5.56. The van der Waals surface area contributed by atoms with Crippen molar-refractivity contribution in [2.24, 2.45) is 0 Å². The van der Waals surface area contributed by atoms with E-state index < -0.39 is 0 Å². The van der Waals surface area contributed by atoms with Crippen LogP contribution in [-0.2, 0) is 0 Å². The number of hydrogen-bond acceptors (Lipinski definition) is 2. The summed E-state index contributed by atoms with van der Waals surface area (Å²) in [6.45, 7) is 8.38. The highest BCUT2D eigenvalue weighted by Crippen LogP contribution is 2.25. The van der Waals surface area contributed by atoms with Crippen molar-refractivity contribution in [1.29, 1.82) is 0 Å². The van der Waals surface area contributed by atoms with Crippen molar-refractivity contribution in [3.63, 3.8) is 0 Å². The fourth-order valence-electron chi connectivity index (χ4n) is 2.10. The molecule has 0 aliphatic carbocycles. The highest BCUT2D eigenvalue weighted by atomic mass is 35.5. The maximum Gasteiger partial charge on any atom is 0.163 e. The van der Waals surface area contributed by atoms with Gasteiger partial charge in [-0.3, -0.25) is 0 Å². The molecule has 0 aliphatic rings. The summed E-state index contributed by atoms with van der Waals surface area (Å²) in [5, 5.41) is 5.11. The van der Waals surface area contributed by atoms with Crippen LogP contribution in [0.4, 0.5) is 0 Å². The van der Waals surface area contributed by atoms with Gasteiger partial charge in [-0.2, -0.15) is 5.10 Å². The standard InChI is InChI=1S/C14H12ClN3.C4H10/c1-9-7-10(2)18-14(17-9)13(8-16-18)11-3-5-12(15)6-4-11;1-3-4-2/h3-8H,1-2H3;3-4H2,1-2H3. The normalized spacial score (nSPS) is 10.4. The molecule has 0 radical (unpaired) electrons. The second-order valence-electron chi connectivity index (χ2n) is 5.34. The van der Waals surface area contributed by atoms with Crippen LogP contribution in [0, 0.1) is 13.8 Å². The maximum atomic E-state index is 5.91. The molecule has 4 heteroatoms. The molecule has 1 aromatic carbocycles. The van der Waals surface area contributed by atoms with Crippen LogP contribution in [0.5, 0.6) is 0 Å². The number of hydrogen-bond donors (Lipinski definition) is 0. The van der Waals surface area contributed by atoms with Crippen LogP contribution >= 0.6 is 11.6 Å². The van der Waals surface area contributed by atoms with E-state index in [2.05, 4.69) is 23.9 Å². The SMILES string of the molecule is CCCC.Cc1cc(C)n2ncc(-c3ccc(Cl)cc3)c2n1. The molecule has 0 atom stereocenters. The van der Waals surface area contributed by atoms with Gasteiger partial charge in [0.05, 0.1) is 6.20 Å². The van der Waals surface area contributed by atoms with Crippen LogP contribution in [0.3, 0.4) is 0 Å².